The lowest BCUT2D eigenvalue weighted by Gasteiger charge is -2.19. The topological polar surface area (TPSA) is 89.1 Å². The van der Waals surface area contributed by atoms with Crippen LogP contribution in [0.2, 0.25) is 0 Å². The maximum atomic E-state index is 14.8. The predicted molar refractivity (Wildman–Crippen MR) is 121 cm³/mol. The molecule has 1 saturated heterocycles. The van der Waals surface area contributed by atoms with Gasteiger partial charge in [-0.3, -0.25) is 9.36 Å². The Morgan fingerprint density at radius 2 is 2.00 bits per heavy atom. The molecule has 0 spiro atoms. The second-order valence-electron chi connectivity index (χ2n) is 8.69. The van der Waals surface area contributed by atoms with Gasteiger partial charge in [0.2, 0.25) is 5.95 Å². The summed E-state index contributed by atoms with van der Waals surface area (Å²) >= 11 is 0. The van der Waals surface area contributed by atoms with Crippen LogP contribution in [0.4, 0.5) is 21.7 Å². The van der Waals surface area contributed by atoms with Gasteiger partial charge in [0.25, 0.3) is 5.56 Å². The minimum atomic E-state index is -0.307. The SMILES string of the molecule is Cc1cc(=O)n(C2CCCC2)c2nc(Nc3ccc(N4CCC(N)C4)c(F)c3)ncc12. The third kappa shape index (κ3) is 3.76. The maximum Gasteiger partial charge on any atom is 0.252 e. The van der Waals surface area contributed by atoms with E-state index in [1.54, 1.807) is 18.3 Å². The van der Waals surface area contributed by atoms with Gasteiger partial charge in [-0.2, -0.15) is 4.98 Å². The van der Waals surface area contributed by atoms with E-state index >= 15 is 0 Å². The Kier molecular flexibility index (Phi) is 5.09. The number of fused-ring (bicyclic) bond motifs is 1. The Labute approximate surface area is 180 Å². The summed E-state index contributed by atoms with van der Waals surface area (Å²) in [4.78, 5) is 23.8. The summed E-state index contributed by atoms with van der Waals surface area (Å²) in [5, 5.41) is 3.96. The zero-order valence-electron chi connectivity index (χ0n) is 17.6. The van der Waals surface area contributed by atoms with Crippen LogP contribution in [0, 0.1) is 12.7 Å². The van der Waals surface area contributed by atoms with Gasteiger partial charge < -0.3 is 16.0 Å². The highest BCUT2D eigenvalue weighted by Gasteiger charge is 2.23. The summed E-state index contributed by atoms with van der Waals surface area (Å²) in [5.41, 5.74) is 8.54. The number of hydrogen-bond donors (Lipinski definition) is 2. The molecule has 1 aliphatic heterocycles. The van der Waals surface area contributed by atoms with Crippen molar-refractivity contribution in [3.05, 3.63) is 52.2 Å². The molecule has 2 aliphatic rings. The lowest BCUT2D eigenvalue weighted by molar-refractivity contribution is 0.515. The second-order valence-corrected chi connectivity index (χ2v) is 8.69. The number of nitrogens with zero attached hydrogens (tertiary/aromatic N) is 4. The van der Waals surface area contributed by atoms with E-state index in [0.717, 1.165) is 49.6 Å². The van der Waals surface area contributed by atoms with E-state index < -0.39 is 0 Å². The number of pyridine rings is 1. The Bertz CT molecular complexity index is 1190. The molecule has 3 N–H and O–H groups in total. The van der Waals surface area contributed by atoms with Crippen LogP contribution in [0.3, 0.4) is 0 Å². The molecule has 2 aromatic heterocycles. The van der Waals surface area contributed by atoms with Crippen LogP contribution in [-0.4, -0.2) is 33.7 Å². The number of anilines is 3. The van der Waals surface area contributed by atoms with Crippen LogP contribution < -0.4 is 21.5 Å². The highest BCUT2D eigenvalue weighted by molar-refractivity contribution is 5.79. The molecule has 1 aliphatic carbocycles. The summed E-state index contributed by atoms with van der Waals surface area (Å²) in [6.45, 7) is 3.32. The van der Waals surface area contributed by atoms with E-state index in [1.807, 2.05) is 22.5 Å². The van der Waals surface area contributed by atoms with Gasteiger partial charge in [0, 0.05) is 48.5 Å². The first-order valence-electron chi connectivity index (χ1n) is 11.0. The van der Waals surface area contributed by atoms with Crippen molar-refractivity contribution in [2.45, 2.75) is 51.1 Å². The molecule has 31 heavy (non-hydrogen) atoms. The van der Waals surface area contributed by atoms with Crippen LogP contribution in [0.5, 0.6) is 0 Å². The zero-order chi connectivity index (χ0) is 21.5. The van der Waals surface area contributed by atoms with Gasteiger partial charge in [-0.1, -0.05) is 12.8 Å². The summed E-state index contributed by atoms with van der Waals surface area (Å²) in [7, 11) is 0. The molecule has 0 bridgehead atoms. The monoisotopic (exact) mass is 422 g/mol. The predicted octanol–water partition coefficient (Wildman–Crippen LogP) is 3.64. The standard InChI is InChI=1S/C23H27FN6O/c1-14-10-21(31)30(17-4-2-3-5-17)22-18(14)12-26-23(28-22)27-16-6-7-20(19(24)11-16)29-9-8-15(25)13-29/h6-7,10-12,15,17H,2-5,8-9,13,25H2,1H3,(H,26,27,28). The molecule has 1 aromatic carbocycles. The fraction of sp³-hybridized carbons (Fsp3) is 0.435. The first kappa shape index (κ1) is 19.9. The third-order valence-electron chi connectivity index (χ3n) is 6.46. The van der Waals surface area contributed by atoms with Gasteiger partial charge >= 0.3 is 0 Å². The number of halogens is 1. The summed E-state index contributed by atoms with van der Waals surface area (Å²) in [5.74, 6) is 0.0400. The number of rotatable bonds is 4. The molecule has 3 aromatic rings. The average molecular weight is 423 g/mol. The highest BCUT2D eigenvalue weighted by Crippen LogP contribution is 2.31. The zero-order valence-corrected chi connectivity index (χ0v) is 17.6. The van der Waals surface area contributed by atoms with Gasteiger partial charge in [-0.25, -0.2) is 9.37 Å². The van der Waals surface area contributed by atoms with E-state index in [1.165, 1.54) is 6.07 Å². The van der Waals surface area contributed by atoms with Crippen molar-refractivity contribution in [1.29, 1.82) is 0 Å². The highest BCUT2D eigenvalue weighted by atomic mass is 19.1. The fourth-order valence-corrected chi connectivity index (χ4v) is 4.82. The van der Waals surface area contributed by atoms with Crippen LogP contribution in [-0.2, 0) is 0 Å². The van der Waals surface area contributed by atoms with Gasteiger partial charge in [0.1, 0.15) is 11.5 Å². The van der Waals surface area contributed by atoms with Crippen LogP contribution >= 0.6 is 0 Å². The fourth-order valence-electron chi connectivity index (χ4n) is 4.82. The first-order valence-corrected chi connectivity index (χ1v) is 11.0. The quantitative estimate of drug-likeness (QED) is 0.667. The molecule has 1 atom stereocenters. The van der Waals surface area contributed by atoms with Crippen molar-refractivity contribution in [3.63, 3.8) is 0 Å². The van der Waals surface area contributed by atoms with Crippen molar-refractivity contribution in [3.8, 4) is 0 Å². The van der Waals surface area contributed by atoms with E-state index in [9.17, 15) is 9.18 Å². The lowest BCUT2D eigenvalue weighted by Crippen LogP contribution is -2.26. The van der Waals surface area contributed by atoms with E-state index in [2.05, 4.69) is 15.3 Å². The Hall–Kier alpha value is -3.00. The molecule has 1 unspecified atom stereocenters. The van der Waals surface area contributed by atoms with Crippen molar-refractivity contribution < 1.29 is 4.39 Å². The molecule has 8 heteroatoms. The van der Waals surface area contributed by atoms with Crippen molar-refractivity contribution in [2.24, 2.45) is 5.73 Å². The van der Waals surface area contributed by atoms with Crippen LogP contribution in [0.15, 0.2) is 35.3 Å². The molecule has 5 rings (SSSR count). The third-order valence-corrected chi connectivity index (χ3v) is 6.46. The van der Waals surface area contributed by atoms with Crippen molar-refractivity contribution >= 4 is 28.4 Å². The van der Waals surface area contributed by atoms with Gasteiger partial charge in [-0.15, -0.1) is 0 Å². The van der Waals surface area contributed by atoms with Crippen molar-refractivity contribution in [1.82, 2.24) is 14.5 Å². The van der Waals surface area contributed by atoms with Gasteiger partial charge in [0.15, 0.2) is 0 Å². The van der Waals surface area contributed by atoms with Crippen molar-refractivity contribution in [2.75, 3.05) is 23.3 Å². The molecule has 7 nitrogen and oxygen atoms in total. The number of nitrogens with one attached hydrogen (secondary N) is 1. The first-order chi connectivity index (χ1) is 15.0. The Balaban J connectivity index is 1.47. The van der Waals surface area contributed by atoms with Crippen LogP contribution in [0.25, 0.3) is 11.0 Å². The summed E-state index contributed by atoms with van der Waals surface area (Å²) in [6.07, 6.45) is 6.81. The lowest BCUT2D eigenvalue weighted by atomic mass is 10.1. The minimum Gasteiger partial charge on any atom is -0.368 e. The Morgan fingerprint density at radius 1 is 1.19 bits per heavy atom. The maximum absolute atomic E-state index is 14.8. The normalized spacial score (nSPS) is 19.5. The van der Waals surface area contributed by atoms with E-state index in [0.29, 0.717) is 29.5 Å². The number of nitrogens with two attached hydrogens (primary N) is 1. The molecule has 162 valence electrons. The van der Waals surface area contributed by atoms with E-state index in [-0.39, 0.29) is 23.5 Å². The van der Waals surface area contributed by atoms with Crippen LogP contribution in [0.1, 0.15) is 43.7 Å². The molecular weight excluding hydrogens is 395 g/mol. The molecule has 0 radical (unpaired) electrons. The number of hydrogen-bond acceptors (Lipinski definition) is 6. The second kappa shape index (κ2) is 7.92. The molecule has 2 fully saturated rings. The Morgan fingerprint density at radius 3 is 2.71 bits per heavy atom. The summed E-state index contributed by atoms with van der Waals surface area (Å²) < 4.78 is 16.6. The molecular formula is C23H27FN6O. The molecule has 3 heterocycles. The average Bonchev–Trinajstić information content (AvgIpc) is 3.40. The summed E-state index contributed by atoms with van der Waals surface area (Å²) in [6, 6.07) is 6.94. The molecule has 0 amide bonds. The number of benzene rings is 1. The minimum absolute atomic E-state index is 0.0271. The smallest absolute Gasteiger partial charge is 0.252 e. The number of aromatic nitrogens is 3. The molecule has 1 saturated carbocycles. The number of aryl methyl sites for hydroxylation is 1. The largest absolute Gasteiger partial charge is 0.368 e. The van der Waals surface area contributed by atoms with Gasteiger partial charge in [0.05, 0.1) is 5.69 Å². The van der Waals surface area contributed by atoms with Gasteiger partial charge in [-0.05, 0) is 49.9 Å². The van der Waals surface area contributed by atoms with E-state index in [4.69, 9.17) is 5.73 Å².